The highest BCUT2D eigenvalue weighted by Crippen LogP contribution is 2.37. The number of hydrogen-bond acceptors (Lipinski definition) is 5. The Hall–Kier alpha value is -2.67. The van der Waals surface area contributed by atoms with Crippen LogP contribution >= 0.6 is 11.3 Å². The molecule has 1 aromatic carbocycles. The molecule has 0 fully saturated rings. The van der Waals surface area contributed by atoms with Gasteiger partial charge in [-0.25, -0.2) is 4.98 Å². The number of amides is 2. The molecule has 0 spiro atoms. The van der Waals surface area contributed by atoms with Crippen LogP contribution in [0.15, 0.2) is 35.9 Å². The normalized spacial score (nSPS) is 18.0. The van der Waals surface area contributed by atoms with Crippen LogP contribution in [-0.4, -0.2) is 30.5 Å². The number of aromatic nitrogens is 1. The summed E-state index contributed by atoms with van der Waals surface area (Å²) in [6.07, 6.45) is 10.8. The maximum atomic E-state index is 12.9. The molecule has 1 heterocycles. The van der Waals surface area contributed by atoms with Gasteiger partial charge < -0.3 is 10.1 Å². The molecule has 2 aliphatic rings. The summed E-state index contributed by atoms with van der Waals surface area (Å²) >= 11 is 1.48. The number of rotatable bonds is 7. The van der Waals surface area contributed by atoms with E-state index in [1.807, 2.05) is 0 Å². The van der Waals surface area contributed by atoms with Crippen LogP contribution in [0.3, 0.4) is 0 Å². The summed E-state index contributed by atoms with van der Waals surface area (Å²) in [5, 5.41) is 6.55. The second-order valence-electron chi connectivity index (χ2n) is 8.10. The van der Waals surface area contributed by atoms with Gasteiger partial charge >= 0.3 is 0 Å². The molecule has 0 unspecified atom stereocenters. The molecule has 31 heavy (non-hydrogen) atoms. The highest BCUT2D eigenvalue weighted by Gasteiger charge is 2.30. The van der Waals surface area contributed by atoms with Gasteiger partial charge in [-0.05, 0) is 75.6 Å². The molecule has 0 radical (unpaired) electrons. The van der Waals surface area contributed by atoms with Gasteiger partial charge in [-0.1, -0.05) is 11.6 Å². The molecule has 2 aromatic rings. The van der Waals surface area contributed by atoms with Crippen molar-refractivity contribution in [3.8, 4) is 5.75 Å². The number of ether oxygens (including phenoxy) is 1. The Kier molecular flexibility index (Phi) is 7.02. The smallest absolute Gasteiger partial charge is 0.257 e. The average molecular weight is 440 g/mol. The zero-order valence-electron chi connectivity index (χ0n) is 17.9. The molecule has 1 atom stereocenters. The van der Waals surface area contributed by atoms with Crippen LogP contribution in [0, 0.1) is 0 Å². The highest BCUT2D eigenvalue weighted by molar-refractivity contribution is 7.16. The van der Waals surface area contributed by atoms with E-state index in [-0.39, 0.29) is 17.7 Å². The highest BCUT2D eigenvalue weighted by atomic mass is 32.1. The third-order valence-electron chi connectivity index (χ3n) is 5.97. The zero-order chi connectivity index (χ0) is 21.6. The predicted molar refractivity (Wildman–Crippen MR) is 123 cm³/mol. The van der Waals surface area contributed by atoms with Gasteiger partial charge in [0.25, 0.3) is 5.91 Å². The SMILES string of the molecule is COc1ccc(C(=O)Nc2nc3c(s2)CCC[C@H]3C(=O)NCCC2=CCCCC2)cc1. The Morgan fingerprint density at radius 2 is 2.00 bits per heavy atom. The van der Waals surface area contributed by atoms with Crippen molar-refractivity contribution in [3.63, 3.8) is 0 Å². The van der Waals surface area contributed by atoms with E-state index in [0.29, 0.717) is 23.0 Å². The van der Waals surface area contributed by atoms with Crippen molar-refractivity contribution in [2.45, 2.75) is 57.3 Å². The van der Waals surface area contributed by atoms with Gasteiger partial charge in [-0.15, -0.1) is 11.3 Å². The molecule has 164 valence electrons. The molecule has 2 N–H and O–H groups in total. The number of nitrogens with one attached hydrogen (secondary N) is 2. The van der Waals surface area contributed by atoms with E-state index < -0.39 is 0 Å². The fourth-order valence-corrected chi connectivity index (χ4v) is 5.30. The average Bonchev–Trinajstić information content (AvgIpc) is 3.22. The molecular weight excluding hydrogens is 410 g/mol. The lowest BCUT2D eigenvalue weighted by molar-refractivity contribution is -0.122. The standard InChI is InChI=1S/C24H29N3O3S/c1-30-18-12-10-17(11-13-18)22(28)27-24-26-21-19(8-5-9-20(21)31-24)23(29)25-15-14-16-6-3-2-4-7-16/h6,10-13,19H,2-5,7-9,14-15H2,1H3,(H,25,29)(H,26,27,28)/t19-/m1/s1. The van der Waals surface area contributed by atoms with Crippen LogP contribution in [0.2, 0.25) is 0 Å². The van der Waals surface area contributed by atoms with Crippen LogP contribution in [0.25, 0.3) is 0 Å². The summed E-state index contributed by atoms with van der Waals surface area (Å²) in [7, 11) is 1.59. The second-order valence-corrected chi connectivity index (χ2v) is 9.19. The van der Waals surface area contributed by atoms with E-state index in [9.17, 15) is 9.59 Å². The molecule has 4 rings (SSSR count). The Morgan fingerprint density at radius 3 is 2.74 bits per heavy atom. The molecule has 0 saturated carbocycles. The van der Waals surface area contributed by atoms with E-state index in [1.54, 1.807) is 31.4 Å². The first kappa shape index (κ1) is 21.6. The summed E-state index contributed by atoms with van der Waals surface area (Å²) in [5.41, 5.74) is 2.84. The van der Waals surface area contributed by atoms with E-state index in [1.165, 1.54) is 36.2 Å². The lowest BCUT2D eigenvalue weighted by Gasteiger charge is -2.21. The number of fused-ring (bicyclic) bond motifs is 1. The minimum absolute atomic E-state index is 0.0516. The third kappa shape index (κ3) is 5.34. The van der Waals surface area contributed by atoms with Crippen molar-refractivity contribution in [3.05, 3.63) is 52.0 Å². The summed E-state index contributed by atoms with van der Waals surface area (Å²) in [4.78, 5) is 31.2. The number of methoxy groups -OCH3 is 1. The number of hydrogen-bond donors (Lipinski definition) is 2. The number of thiazole rings is 1. The zero-order valence-corrected chi connectivity index (χ0v) is 18.7. The number of carbonyl (C=O) groups is 2. The van der Waals surface area contributed by atoms with Crippen molar-refractivity contribution in [1.82, 2.24) is 10.3 Å². The maximum absolute atomic E-state index is 12.9. The van der Waals surface area contributed by atoms with Gasteiger partial charge in [0.2, 0.25) is 5.91 Å². The first-order valence-electron chi connectivity index (χ1n) is 11.0. The van der Waals surface area contributed by atoms with Gasteiger partial charge in [0, 0.05) is 17.0 Å². The van der Waals surface area contributed by atoms with E-state index in [0.717, 1.165) is 42.7 Å². The molecule has 6 nitrogen and oxygen atoms in total. The van der Waals surface area contributed by atoms with Crippen molar-refractivity contribution < 1.29 is 14.3 Å². The number of nitrogens with zero attached hydrogens (tertiary/aromatic N) is 1. The molecular formula is C24H29N3O3S. The van der Waals surface area contributed by atoms with Crippen molar-refractivity contribution in [1.29, 1.82) is 0 Å². The number of allylic oxidation sites excluding steroid dienone is 1. The summed E-state index contributed by atoms with van der Waals surface area (Å²) < 4.78 is 5.14. The predicted octanol–water partition coefficient (Wildman–Crippen LogP) is 4.83. The Labute approximate surface area is 187 Å². The summed E-state index contributed by atoms with van der Waals surface area (Å²) in [5.74, 6) is 0.313. The van der Waals surface area contributed by atoms with Crippen LogP contribution < -0.4 is 15.4 Å². The molecule has 1 aromatic heterocycles. The Morgan fingerprint density at radius 1 is 1.16 bits per heavy atom. The third-order valence-corrected chi connectivity index (χ3v) is 7.02. The molecule has 0 aliphatic heterocycles. The van der Waals surface area contributed by atoms with Crippen LogP contribution in [0.4, 0.5) is 5.13 Å². The lowest BCUT2D eigenvalue weighted by atomic mass is 9.90. The van der Waals surface area contributed by atoms with Crippen molar-refractivity contribution >= 4 is 28.3 Å². The Balaban J connectivity index is 1.37. The topological polar surface area (TPSA) is 80.3 Å². The monoisotopic (exact) mass is 439 g/mol. The fraction of sp³-hybridized carbons (Fsp3) is 0.458. The summed E-state index contributed by atoms with van der Waals surface area (Å²) in [6.45, 7) is 0.682. The first-order chi connectivity index (χ1) is 15.1. The molecule has 2 amide bonds. The maximum Gasteiger partial charge on any atom is 0.257 e. The van der Waals surface area contributed by atoms with Gasteiger partial charge in [-0.3, -0.25) is 14.9 Å². The van der Waals surface area contributed by atoms with E-state index in [2.05, 4.69) is 21.7 Å². The number of anilines is 1. The van der Waals surface area contributed by atoms with Gasteiger partial charge in [0.15, 0.2) is 5.13 Å². The van der Waals surface area contributed by atoms with Gasteiger partial charge in [0.1, 0.15) is 5.75 Å². The minimum atomic E-state index is -0.230. The van der Waals surface area contributed by atoms with Gasteiger partial charge in [0.05, 0.1) is 18.7 Å². The van der Waals surface area contributed by atoms with Crippen LogP contribution in [0.1, 0.15) is 71.8 Å². The van der Waals surface area contributed by atoms with Crippen LogP contribution in [0.5, 0.6) is 5.75 Å². The van der Waals surface area contributed by atoms with E-state index >= 15 is 0 Å². The minimum Gasteiger partial charge on any atom is -0.497 e. The Bertz CT molecular complexity index is 965. The quantitative estimate of drug-likeness (QED) is 0.606. The second kappa shape index (κ2) is 10.1. The van der Waals surface area contributed by atoms with E-state index in [4.69, 9.17) is 4.74 Å². The number of carbonyl (C=O) groups excluding carboxylic acids is 2. The number of benzene rings is 1. The number of aryl methyl sites for hydroxylation is 1. The molecule has 0 saturated heterocycles. The molecule has 0 bridgehead atoms. The van der Waals surface area contributed by atoms with Crippen LogP contribution in [-0.2, 0) is 11.2 Å². The largest absolute Gasteiger partial charge is 0.497 e. The first-order valence-corrected chi connectivity index (χ1v) is 11.9. The van der Waals surface area contributed by atoms with Gasteiger partial charge in [-0.2, -0.15) is 0 Å². The van der Waals surface area contributed by atoms with Crippen molar-refractivity contribution in [2.24, 2.45) is 0 Å². The lowest BCUT2D eigenvalue weighted by Crippen LogP contribution is -2.32. The molecule has 2 aliphatic carbocycles. The fourth-order valence-electron chi connectivity index (χ4n) is 4.24. The summed E-state index contributed by atoms with van der Waals surface area (Å²) in [6, 6.07) is 6.95. The van der Waals surface area contributed by atoms with Crippen molar-refractivity contribution in [2.75, 3.05) is 19.0 Å². The molecule has 7 heteroatoms.